The van der Waals surface area contributed by atoms with Crippen LogP contribution in [0.25, 0.3) is 0 Å². The van der Waals surface area contributed by atoms with Crippen LogP contribution in [0.1, 0.15) is 63.5 Å². The van der Waals surface area contributed by atoms with Gasteiger partial charge in [-0.15, -0.1) is 0 Å². The highest BCUT2D eigenvalue weighted by Gasteiger charge is 2.42. The first-order chi connectivity index (χ1) is 17.6. The Labute approximate surface area is 225 Å². The molecule has 2 aliphatic rings. The Bertz CT molecular complexity index is 1280. The summed E-state index contributed by atoms with van der Waals surface area (Å²) >= 11 is 3.41. The maximum absolute atomic E-state index is 13.8. The van der Waals surface area contributed by atoms with Crippen LogP contribution in [0.3, 0.4) is 0 Å². The molecule has 37 heavy (non-hydrogen) atoms. The zero-order chi connectivity index (χ0) is 26.9. The van der Waals surface area contributed by atoms with E-state index in [1.807, 2.05) is 38.1 Å². The molecule has 0 bridgehead atoms. The van der Waals surface area contributed by atoms with Crippen LogP contribution in [0.5, 0.6) is 17.2 Å². The van der Waals surface area contributed by atoms with Crippen LogP contribution in [0.15, 0.2) is 63.4 Å². The number of esters is 1. The third-order valence-corrected chi connectivity index (χ3v) is 7.27. The maximum Gasteiger partial charge on any atom is 0.337 e. The molecule has 0 fully saturated rings. The zero-order valence-corrected chi connectivity index (χ0v) is 23.3. The van der Waals surface area contributed by atoms with Crippen LogP contribution in [-0.4, -0.2) is 36.7 Å². The van der Waals surface area contributed by atoms with Gasteiger partial charge in [0.25, 0.3) is 0 Å². The molecule has 0 spiro atoms. The van der Waals surface area contributed by atoms with Crippen molar-refractivity contribution in [2.45, 2.75) is 58.5 Å². The standard InChI is InChI=1S/C29H32BrNO6/c1-6-36-24-14-19(11-21(30)28(24)33)26-25(29(34)37-15(2)3)16(4)31-22-12-18(13-23(32)27(22)26)17-7-9-20(35-5)10-8-17/h7-11,14-15,18,26,31,33H,6,12-13H2,1-5H3/t18-,26-/m1/s1. The molecule has 2 N–H and O–H groups in total. The number of halogens is 1. The Morgan fingerprint density at radius 3 is 2.49 bits per heavy atom. The lowest BCUT2D eigenvalue weighted by Gasteiger charge is -2.37. The summed E-state index contributed by atoms with van der Waals surface area (Å²) in [6, 6.07) is 11.2. The van der Waals surface area contributed by atoms with Crippen LogP contribution in [-0.2, 0) is 14.3 Å². The van der Waals surface area contributed by atoms with Gasteiger partial charge in [-0.2, -0.15) is 0 Å². The van der Waals surface area contributed by atoms with Crippen molar-refractivity contribution in [3.8, 4) is 17.2 Å². The number of hydrogen-bond acceptors (Lipinski definition) is 7. The third kappa shape index (κ3) is 5.39. The molecule has 0 unspecified atom stereocenters. The summed E-state index contributed by atoms with van der Waals surface area (Å²) in [6.45, 7) is 7.58. The molecular formula is C29H32BrNO6. The van der Waals surface area contributed by atoms with E-state index >= 15 is 0 Å². The van der Waals surface area contributed by atoms with Crippen molar-refractivity contribution in [2.24, 2.45) is 0 Å². The number of carbonyl (C=O) groups excluding carboxylic acids is 2. The number of Topliss-reactive ketones (excluding diaryl/α,β-unsaturated/α-hetero) is 1. The number of dihydropyridines is 1. The van der Waals surface area contributed by atoms with Crippen LogP contribution in [0.4, 0.5) is 0 Å². The molecule has 1 heterocycles. The Morgan fingerprint density at radius 1 is 1.16 bits per heavy atom. The van der Waals surface area contributed by atoms with Gasteiger partial charge in [0.15, 0.2) is 17.3 Å². The van der Waals surface area contributed by atoms with Crippen molar-refractivity contribution in [1.82, 2.24) is 5.32 Å². The zero-order valence-electron chi connectivity index (χ0n) is 21.7. The number of nitrogens with one attached hydrogen (secondary N) is 1. The van der Waals surface area contributed by atoms with Crippen LogP contribution in [0, 0.1) is 0 Å². The molecule has 0 aromatic heterocycles. The number of ketones is 1. The van der Waals surface area contributed by atoms with Gasteiger partial charge in [0.05, 0.1) is 29.9 Å². The van der Waals surface area contributed by atoms with E-state index in [0.717, 1.165) is 17.0 Å². The number of phenols is 1. The molecule has 1 aliphatic carbocycles. The smallest absolute Gasteiger partial charge is 0.337 e. The highest BCUT2D eigenvalue weighted by Crippen LogP contribution is 2.48. The number of ether oxygens (including phenoxy) is 3. The number of aromatic hydroxyl groups is 1. The van der Waals surface area contributed by atoms with Gasteiger partial charge in [0.2, 0.25) is 0 Å². The number of benzene rings is 2. The Hall–Kier alpha value is -3.26. The largest absolute Gasteiger partial charge is 0.503 e. The van der Waals surface area contributed by atoms with Crippen LogP contribution in [0.2, 0.25) is 0 Å². The van der Waals surface area contributed by atoms with Gasteiger partial charge in [-0.05, 0) is 91.4 Å². The minimum absolute atomic E-state index is 0.00666. The van der Waals surface area contributed by atoms with Gasteiger partial charge in [-0.1, -0.05) is 12.1 Å². The topological polar surface area (TPSA) is 94.1 Å². The molecule has 4 rings (SSSR count). The highest BCUT2D eigenvalue weighted by atomic mass is 79.9. The quantitative estimate of drug-likeness (QED) is 0.402. The van der Waals surface area contributed by atoms with E-state index < -0.39 is 11.9 Å². The second-order valence-electron chi connectivity index (χ2n) is 9.53. The van der Waals surface area contributed by atoms with Crippen molar-refractivity contribution in [3.63, 3.8) is 0 Å². The van der Waals surface area contributed by atoms with E-state index in [0.29, 0.717) is 46.3 Å². The fourth-order valence-corrected chi connectivity index (χ4v) is 5.52. The van der Waals surface area contributed by atoms with E-state index in [1.54, 1.807) is 33.1 Å². The monoisotopic (exact) mass is 569 g/mol. The summed E-state index contributed by atoms with van der Waals surface area (Å²) in [5.41, 5.74) is 4.07. The lowest BCUT2D eigenvalue weighted by Crippen LogP contribution is -2.36. The van der Waals surface area contributed by atoms with Gasteiger partial charge in [-0.3, -0.25) is 4.79 Å². The predicted molar refractivity (Wildman–Crippen MR) is 144 cm³/mol. The molecule has 8 heteroatoms. The molecule has 1 aliphatic heterocycles. The number of methoxy groups -OCH3 is 1. The molecule has 2 atom stereocenters. The van der Waals surface area contributed by atoms with Crippen LogP contribution >= 0.6 is 15.9 Å². The SMILES string of the molecule is CCOc1cc([C@@H]2C(C(=O)OC(C)C)=C(C)NC3=C2C(=O)C[C@H](c2ccc(OC)cc2)C3)cc(Br)c1O. The minimum Gasteiger partial charge on any atom is -0.503 e. The summed E-state index contributed by atoms with van der Waals surface area (Å²) in [6.07, 6.45) is 0.605. The van der Waals surface area contributed by atoms with Gasteiger partial charge in [0.1, 0.15) is 5.75 Å². The Balaban J connectivity index is 1.83. The lowest BCUT2D eigenvalue weighted by molar-refractivity contribution is -0.143. The van der Waals surface area contributed by atoms with E-state index in [-0.39, 0.29) is 29.3 Å². The van der Waals surface area contributed by atoms with Gasteiger partial charge < -0.3 is 24.6 Å². The van der Waals surface area contributed by atoms with E-state index in [9.17, 15) is 14.7 Å². The number of phenolic OH excluding ortho intramolecular Hbond substituents is 1. The average molecular weight is 570 g/mol. The minimum atomic E-state index is -0.664. The summed E-state index contributed by atoms with van der Waals surface area (Å²) in [7, 11) is 1.62. The van der Waals surface area contributed by atoms with E-state index in [1.165, 1.54) is 0 Å². The molecule has 2 aromatic carbocycles. The maximum atomic E-state index is 13.8. The van der Waals surface area contributed by atoms with Gasteiger partial charge in [0, 0.05) is 29.3 Å². The number of rotatable bonds is 7. The van der Waals surface area contributed by atoms with Crippen LogP contribution < -0.4 is 14.8 Å². The molecule has 2 aromatic rings. The van der Waals surface area contributed by atoms with Crippen molar-refractivity contribution < 1.29 is 28.9 Å². The van der Waals surface area contributed by atoms with Gasteiger partial charge >= 0.3 is 5.97 Å². The summed E-state index contributed by atoms with van der Waals surface area (Å²) < 4.78 is 16.9. The number of hydrogen-bond donors (Lipinski definition) is 2. The fraction of sp³-hybridized carbons (Fsp3) is 0.379. The molecule has 7 nitrogen and oxygen atoms in total. The van der Waals surface area contributed by atoms with E-state index in [2.05, 4.69) is 21.2 Å². The van der Waals surface area contributed by atoms with Crippen molar-refractivity contribution in [3.05, 3.63) is 74.5 Å². The third-order valence-electron chi connectivity index (χ3n) is 6.66. The first-order valence-corrected chi connectivity index (χ1v) is 13.2. The number of allylic oxidation sites excluding steroid dienone is 3. The summed E-state index contributed by atoms with van der Waals surface area (Å²) in [4.78, 5) is 27.1. The Kier molecular flexibility index (Phi) is 7.97. The Morgan fingerprint density at radius 2 is 1.86 bits per heavy atom. The molecule has 196 valence electrons. The van der Waals surface area contributed by atoms with Gasteiger partial charge in [-0.25, -0.2) is 4.79 Å². The predicted octanol–water partition coefficient (Wildman–Crippen LogP) is 5.88. The number of carbonyl (C=O) groups is 2. The second kappa shape index (κ2) is 11.0. The summed E-state index contributed by atoms with van der Waals surface area (Å²) in [5.74, 6) is -0.184. The second-order valence-corrected chi connectivity index (χ2v) is 10.4. The summed E-state index contributed by atoms with van der Waals surface area (Å²) in [5, 5.41) is 13.9. The molecular weight excluding hydrogens is 538 g/mol. The average Bonchev–Trinajstić information content (AvgIpc) is 2.85. The van der Waals surface area contributed by atoms with Crippen molar-refractivity contribution in [2.75, 3.05) is 13.7 Å². The highest BCUT2D eigenvalue weighted by molar-refractivity contribution is 9.10. The lowest BCUT2D eigenvalue weighted by atomic mass is 9.71. The first kappa shape index (κ1) is 26.8. The normalized spacial score (nSPS) is 19.5. The van der Waals surface area contributed by atoms with Crippen molar-refractivity contribution >= 4 is 27.7 Å². The van der Waals surface area contributed by atoms with Crippen molar-refractivity contribution in [1.29, 1.82) is 0 Å². The molecule has 0 amide bonds. The molecule has 0 radical (unpaired) electrons. The van der Waals surface area contributed by atoms with E-state index in [4.69, 9.17) is 14.2 Å². The molecule has 0 saturated heterocycles. The molecule has 0 saturated carbocycles. The first-order valence-electron chi connectivity index (χ1n) is 12.4. The fourth-order valence-electron chi connectivity index (χ4n) is 5.06.